The largest absolute Gasteiger partial charge is 0.494 e. The van der Waals surface area contributed by atoms with Crippen LogP contribution in [0.15, 0.2) is 36.7 Å². The summed E-state index contributed by atoms with van der Waals surface area (Å²) >= 11 is 0. The van der Waals surface area contributed by atoms with E-state index in [9.17, 15) is 4.79 Å². The second-order valence-electron chi connectivity index (χ2n) is 9.10. The van der Waals surface area contributed by atoms with Crippen LogP contribution in [0.1, 0.15) is 58.2 Å². The number of carbonyl (C=O) groups excluding carboxylic acids is 1. The maximum atomic E-state index is 11.8. The van der Waals surface area contributed by atoms with Gasteiger partial charge in [0.05, 0.1) is 41.8 Å². The summed E-state index contributed by atoms with van der Waals surface area (Å²) in [4.78, 5) is 20.6. The lowest BCUT2D eigenvalue weighted by molar-refractivity contribution is -0.144. The Bertz CT molecular complexity index is 931. The highest BCUT2D eigenvalue weighted by atomic mass is 16.7. The first kappa shape index (κ1) is 21.8. The van der Waals surface area contributed by atoms with E-state index in [2.05, 4.69) is 9.97 Å². The Morgan fingerprint density at radius 2 is 1.90 bits per heavy atom. The third-order valence-electron chi connectivity index (χ3n) is 6.27. The predicted octanol–water partition coefficient (Wildman–Crippen LogP) is 3.02. The van der Waals surface area contributed by atoms with Gasteiger partial charge in [-0.05, 0) is 52.1 Å². The van der Waals surface area contributed by atoms with Crippen molar-refractivity contribution in [2.45, 2.75) is 64.8 Å². The van der Waals surface area contributed by atoms with Crippen LogP contribution in [0, 0.1) is 5.92 Å². The van der Waals surface area contributed by atoms with Crippen LogP contribution in [-0.4, -0.2) is 40.9 Å². The molecule has 2 aliphatic rings. The lowest BCUT2D eigenvalue weighted by atomic mass is 9.78. The van der Waals surface area contributed by atoms with Crippen LogP contribution in [0.25, 0.3) is 0 Å². The van der Waals surface area contributed by atoms with Gasteiger partial charge in [-0.3, -0.25) is 9.78 Å². The van der Waals surface area contributed by atoms with Gasteiger partial charge in [0, 0.05) is 5.92 Å². The molecule has 0 radical (unpaired) electrons. The van der Waals surface area contributed by atoms with Crippen molar-refractivity contribution in [3.8, 4) is 5.88 Å². The van der Waals surface area contributed by atoms with Crippen LogP contribution >= 0.6 is 0 Å². The van der Waals surface area contributed by atoms with E-state index in [0.29, 0.717) is 19.1 Å². The Labute approximate surface area is 183 Å². The minimum Gasteiger partial charge on any atom is -0.472 e. The molecule has 1 aromatic carbocycles. The van der Waals surface area contributed by atoms with Crippen molar-refractivity contribution >= 4 is 18.6 Å². The van der Waals surface area contributed by atoms with Crippen LogP contribution in [-0.2, 0) is 25.4 Å². The Morgan fingerprint density at radius 1 is 1.16 bits per heavy atom. The number of benzene rings is 1. The average Bonchev–Trinajstić information content (AvgIpc) is 3.49. The zero-order valence-electron chi connectivity index (χ0n) is 18.8. The molecule has 0 spiro atoms. The molecule has 1 aromatic heterocycles. The number of carbonyl (C=O) groups is 1. The fourth-order valence-corrected chi connectivity index (χ4v) is 3.59. The molecule has 0 N–H and O–H groups in total. The topological polar surface area (TPSA) is 79.8 Å². The number of rotatable bonds is 7. The molecule has 0 bridgehead atoms. The zero-order valence-corrected chi connectivity index (χ0v) is 18.8. The standard InChI is InChI=1S/C23H29BN2O5/c1-6-28-21(27)18-11-17(18)19-12-26-20(13-25-19)29-14-15-8-7-9-16(10-15)24-30-22(2,3)23(4,5)31-24/h7-10,12-13,17-18H,6,11,14H2,1-5H3/t17-,18-/m0/s1. The summed E-state index contributed by atoms with van der Waals surface area (Å²) in [5.41, 5.74) is 1.99. The van der Waals surface area contributed by atoms with Crippen molar-refractivity contribution in [1.29, 1.82) is 0 Å². The van der Waals surface area contributed by atoms with Gasteiger partial charge in [0.25, 0.3) is 0 Å². The molecule has 2 heterocycles. The minimum absolute atomic E-state index is 0.0946. The quantitative estimate of drug-likeness (QED) is 0.499. The van der Waals surface area contributed by atoms with Gasteiger partial charge in [-0.2, -0.15) is 0 Å². The number of hydrogen-bond donors (Lipinski definition) is 0. The number of ether oxygens (including phenoxy) is 2. The highest BCUT2D eigenvalue weighted by molar-refractivity contribution is 6.62. The first-order valence-electron chi connectivity index (χ1n) is 10.8. The summed E-state index contributed by atoms with van der Waals surface area (Å²) in [6.07, 6.45) is 4.05. The van der Waals surface area contributed by atoms with Crippen molar-refractivity contribution in [1.82, 2.24) is 9.97 Å². The fraction of sp³-hybridized carbons (Fsp3) is 0.522. The number of hydrogen-bond acceptors (Lipinski definition) is 7. The maximum Gasteiger partial charge on any atom is 0.494 e. The second kappa shape index (κ2) is 8.24. The van der Waals surface area contributed by atoms with Crippen molar-refractivity contribution in [3.63, 3.8) is 0 Å². The number of aromatic nitrogens is 2. The van der Waals surface area contributed by atoms with E-state index in [4.69, 9.17) is 18.8 Å². The molecule has 8 heteroatoms. The normalized spacial score (nSPS) is 23.5. The lowest BCUT2D eigenvalue weighted by Gasteiger charge is -2.32. The molecule has 2 aromatic rings. The minimum atomic E-state index is -0.407. The molecule has 0 unspecified atom stereocenters. The van der Waals surface area contributed by atoms with Gasteiger partial charge in [-0.15, -0.1) is 0 Å². The van der Waals surface area contributed by atoms with Crippen LogP contribution in [0.2, 0.25) is 0 Å². The molecule has 2 atom stereocenters. The van der Waals surface area contributed by atoms with Gasteiger partial charge < -0.3 is 18.8 Å². The van der Waals surface area contributed by atoms with Gasteiger partial charge in [0.1, 0.15) is 6.61 Å². The summed E-state index contributed by atoms with van der Waals surface area (Å²) in [7, 11) is -0.407. The zero-order chi connectivity index (χ0) is 22.2. The second-order valence-corrected chi connectivity index (χ2v) is 9.10. The molecule has 1 saturated heterocycles. The van der Waals surface area contributed by atoms with Crippen molar-refractivity contribution in [3.05, 3.63) is 47.9 Å². The van der Waals surface area contributed by atoms with Gasteiger partial charge in [0.15, 0.2) is 0 Å². The van der Waals surface area contributed by atoms with E-state index in [1.165, 1.54) is 0 Å². The molecule has 4 rings (SSSR count). The van der Waals surface area contributed by atoms with Crippen LogP contribution < -0.4 is 10.2 Å². The van der Waals surface area contributed by atoms with Crippen LogP contribution in [0.3, 0.4) is 0 Å². The summed E-state index contributed by atoms with van der Waals surface area (Å²) in [5.74, 6) is 0.283. The third kappa shape index (κ3) is 4.60. The summed E-state index contributed by atoms with van der Waals surface area (Å²) in [5, 5.41) is 0. The van der Waals surface area contributed by atoms with Crippen molar-refractivity contribution in [2.24, 2.45) is 5.92 Å². The summed E-state index contributed by atoms with van der Waals surface area (Å²) in [6, 6.07) is 7.98. The Hall–Kier alpha value is -2.45. The predicted molar refractivity (Wildman–Crippen MR) is 116 cm³/mol. The monoisotopic (exact) mass is 424 g/mol. The van der Waals surface area contributed by atoms with E-state index >= 15 is 0 Å². The molecular weight excluding hydrogens is 395 g/mol. The van der Waals surface area contributed by atoms with E-state index in [1.54, 1.807) is 12.4 Å². The third-order valence-corrected chi connectivity index (χ3v) is 6.27. The van der Waals surface area contributed by atoms with Crippen LogP contribution in [0.4, 0.5) is 0 Å². The molecule has 1 saturated carbocycles. The lowest BCUT2D eigenvalue weighted by Crippen LogP contribution is -2.41. The molecular formula is C23H29BN2O5. The van der Waals surface area contributed by atoms with Gasteiger partial charge in [-0.1, -0.05) is 24.3 Å². The van der Waals surface area contributed by atoms with Gasteiger partial charge >= 0.3 is 13.1 Å². The maximum absolute atomic E-state index is 11.8. The first-order chi connectivity index (χ1) is 14.7. The molecule has 31 heavy (non-hydrogen) atoms. The number of esters is 1. The molecule has 0 amide bonds. The molecule has 1 aliphatic carbocycles. The Balaban J connectivity index is 1.34. The van der Waals surface area contributed by atoms with Crippen molar-refractivity contribution < 1.29 is 23.6 Å². The highest BCUT2D eigenvalue weighted by Gasteiger charge is 2.51. The molecule has 164 valence electrons. The molecule has 7 nitrogen and oxygen atoms in total. The fourth-order valence-electron chi connectivity index (χ4n) is 3.59. The Kier molecular flexibility index (Phi) is 5.79. The molecule has 2 fully saturated rings. The van der Waals surface area contributed by atoms with E-state index in [1.807, 2.05) is 58.9 Å². The SMILES string of the molecule is CCOC(=O)[C@H]1C[C@@H]1c1cnc(OCc2cccc(B3OC(C)(C)C(C)(C)O3)c2)cn1. The van der Waals surface area contributed by atoms with E-state index < -0.39 is 7.12 Å². The Morgan fingerprint density at radius 3 is 2.55 bits per heavy atom. The smallest absolute Gasteiger partial charge is 0.472 e. The molecule has 1 aliphatic heterocycles. The van der Waals surface area contributed by atoms with E-state index in [-0.39, 0.29) is 29.0 Å². The summed E-state index contributed by atoms with van der Waals surface area (Å²) < 4.78 is 23.1. The van der Waals surface area contributed by atoms with Crippen LogP contribution in [0.5, 0.6) is 5.88 Å². The highest BCUT2D eigenvalue weighted by Crippen LogP contribution is 2.47. The van der Waals surface area contributed by atoms with E-state index in [0.717, 1.165) is 23.1 Å². The van der Waals surface area contributed by atoms with Crippen molar-refractivity contribution in [2.75, 3.05) is 6.61 Å². The average molecular weight is 424 g/mol. The van der Waals surface area contributed by atoms with Gasteiger partial charge in [0.2, 0.25) is 5.88 Å². The van der Waals surface area contributed by atoms with Gasteiger partial charge in [-0.25, -0.2) is 4.98 Å². The first-order valence-corrected chi connectivity index (χ1v) is 10.8. The summed E-state index contributed by atoms with van der Waals surface area (Å²) in [6.45, 7) is 10.7. The number of nitrogens with zero attached hydrogens (tertiary/aromatic N) is 2.